The van der Waals surface area contributed by atoms with Gasteiger partial charge in [0.2, 0.25) is 0 Å². The van der Waals surface area contributed by atoms with Crippen LogP contribution in [0, 0.1) is 13.8 Å². The zero-order valence-corrected chi connectivity index (χ0v) is 17.1. The van der Waals surface area contributed by atoms with Crippen LogP contribution in [-0.4, -0.2) is 58.8 Å². The minimum Gasteiger partial charge on any atom is -0.462 e. The summed E-state index contributed by atoms with van der Waals surface area (Å²) >= 11 is 1.37. The van der Waals surface area contributed by atoms with Crippen molar-refractivity contribution in [1.29, 1.82) is 0 Å². The number of anilines is 1. The van der Waals surface area contributed by atoms with Crippen LogP contribution in [0.5, 0.6) is 0 Å². The molecule has 0 N–H and O–H groups in total. The maximum atomic E-state index is 12.2. The topological polar surface area (TPSA) is 84.6 Å². The molecule has 0 unspecified atom stereocenters. The molecule has 0 saturated carbocycles. The Hall–Kier alpha value is -2.52. The van der Waals surface area contributed by atoms with Crippen LogP contribution in [0.15, 0.2) is 16.9 Å². The summed E-state index contributed by atoms with van der Waals surface area (Å²) in [6, 6.07) is 1.98. The van der Waals surface area contributed by atoms with Crippen molar-refractivity contribution in [3.8, 4) is 0 Å². The van der Waals surface area contributed by atoms with Crippen molar-refractivity contribution in [2.75, 3.05) is 37.7 Å². The van der Waals surface area contributed by atoms with Gasteiger partial charge in [-0.2, -0.15) is 0 Å². The Morgan fingerprint density at radius 2 is 2.04 bits per heavy atom. The van der Waals surface area contributed by atoms with Crippen molar-refractivity contribution in [2.45, 2.75) is 27.3 Å². The first-order chi connectivity index (χ1) is 13.6. The maximum Gasteiger partial charge on any atom is 0.348 e. The van der Waals surface area contributed by atoms with Crippen LogP contribution >= 0.6 is 11.3 Å². The van der Waals surface area contributed by atoms with Gasteiger partial charge in [0.1, 0.15) is 21.9 Å². The number of nitrogens with zero attached hydrogens (tertiary/aromatic N) is 5. The summed E-state index contributed by atoms with van der Waals surface area (Å²) in [5.74, 6) is 1.49. The van der Waals surface area contributed by atoms with Gasteiger partial charge in [-0.05, 0) is 26.3 Å². The van der Waals surface area contributed by atoms with Crippen LogP contribution in [0.1, 0.15) is 33.6 Å². The first kappa shape index (κ1) is 18.8. The standard InChI is InChI=1S/C19H23N5O3S/c1-4-26-19(25)16-13(3)15-17(20-11-21-18(15)28-16)24-7-5-23(6-8-24)10-14-9-12(2)22-27-14/h9,11H,4-8,10H2,1-3H3. The van der Waals surface area contributed by atoms with E-state index in [1.54, 1.807) is 6.33 Å². The Morgan fingerprint density at radius 1 is 1.25 bits per heavy atom. The van der Waals surface area contributed by atoms with Gasteiger partial charge in [-0.25, -0.2) is 14.8 Å². The van der Waals surface area contributed by atoms with E-state index in [2.05, 4.69) is 24.9 Å². The molecular weight excluding hydrogens is 378 g/mol. The molecule has 0 radical (unpaired) electrons. The molecule has 4 heterocycles. The molecule has 1 saturated heterocycles. The summed E-state index contributed by atoms with van der Waals surface area (Å²) in [5, 5.41) is 4.91. The number of ether oxygens (including phenoxy) is 1. The lowest BCUT2D eigenvalue weighted by atomic mass is 10.2. The minimum absolute atomic E-state index is 0.291. The molecular formula is C19H23N5O3S. The number of hydrogen-bond acceptors (Lipinski definition) is 9. The summed E-state index contributed by atoms with van der Waals surface area (Å²) in [6.07, 6.45) is 1.58. The van der Waals surface area contributed by atoms with Gasteiger partial charge < -0.3 is 14.2 Å². The average Bonchev–Trinajstić information content (AvgIpc) is 3.26. The highest BCUT2D eigenvalue weighted by molar-refractivity contribution is 7.20. The number of fused-ring (bicyclic) bond motifs is 1. The van der Waals surface area contributed by atoms with Crippen LogP contribution in [0.2, 0.25) is 0 Å². The molecule has 0 aromatic carbocycles. The van der Waals surface area contributed by atoms with Crippen molar-refractivity contribution in [2.24, 2.45) is 0 Å². The van der Waals surface area contributed by atoms with E-state index in [4.69, 9.17) is 9.26 Å². The van der Waals surface area contributed by atoms with Gasteiger partial charge in [0, 0.05) is 32.2 Å². The molecule has 148 valence electrons. The summed E-state index contributed by atoms with van der Waals surface area (Å²) in [7, 11) is 0. The molecule has 1 fully saturated rings. The van der Waals surface area contributed by atoms with Gasteiger partial charge in [0.15, 0.2) is 5.76 Å². The van der Waals surface area contributed by atoms with Gasteiger partial charge >= 0.3 is 5.97 Å². The van der Waals surface area contributed by atoms with E-state index in [1.165, 1.54) is 11.3 Å². The zero-order chi connectivity index (χ0) is 19.7. The van der Waals surface area contributed by atoms with Crippen molar-refractivity contribution in [3.63, 3.8) is 0 Å². The highest BCUT2D eigenvalue weighted by Crippen LogP contribution is 2.35. The number of piperazine rings is 1. The highest BCUT2D eigenvalue weighted by atomic mass is 32.1. The number of thiophene rings is 1. The Balaban J connectivity index is 1.52. The Bertz CT molecular complexity index is 991. The third-order valence-electron chi connectivity index (χ3n) is 4.90. The molecule has 3 aromatic rings. The molecule has 0 amide bonds. The van der Waals surface area contributed by atoms with Gasteiger partial charge in [-0.15, -0.1) is 11.3 Å². The quantitative estimate of drug-likeness (QED) is 0.604. The van der Waals surface area contributed by atoms with Crippen LogP contribution in [0.25, 0.3) is 10.2 Å². The fourth-order valence-electron chi connectivity index (χ4n) is 3.51. The second-order valence-corrected chi connectivity index (χ2v) is 7.85. The van der Waals surface area contributed by atoms with E-state index in [0.29, 0.717) is 11.5 Å². The van der Waals surface area contributed by atoms with Gasteiger partial charge in [-0.1, -0.05) is 5.16 Å². The summed E-state index contributed by atoms with van der Waals surface area (Å²) < 4.78 is 10.5. The predicted molar refractivity (Wildman–Crippen MR) is 107 cm³/mol. The molecule has 3 aromatic heterocycles. The van der Waals surface area contributed by atoms with Crippen molar-refractivity contribution < 1.29 is 14.1 Å². The highest BCUT2D eigenvalue weighted by Gasteiger charge is 2.25. The molecule has 1 aliphatic heterocycles. The van der Waals surface area contributed by atoms with E-state index < -0.39 is 0 Å². The number of carbonyl (C=O) groups is 1. The van der Waals surface area contributed by atoms with Crippen molar-refractivity contribution in [3.05, 3.63) is 34.3 Å². The third kappa shape index (κ3) is 3.59. The van der Waals surface area contributed by atoms with E-state index in [0.717, 1.165) is 65.8 Å². The van der Waals surface area contributed by atoms with Gasteiger partial charge in [0.05, 0.1) is 24.2 Å². The number of carbonyl (C=O) groups excluding carboxylic acids is 1. The van der Waals surface area contributed by atoms with E-state index in [1.807, 2.05) is 26.8 Å². The summed E-state index contributed by atoms with van der Waals surface area (Å²) in [5.41, 5.74) is 1.80. The molecule has 0 spiro atoms. The third-order valence-corrected chi connectivity index (χ3v) is 6.08. The number of aryl methyl sites for hydroxylation is 2. The lowest BCUT2D eigenvalue weighted by Gasteiger charge is -2.35. The molecule has 28 heavy (non-hydrogen) atoms. The van der Waals surface area contributed by atoms with Gasteiger partial charge in [-0.3, -0.25) is 4.90 Å². The van der Waals surface area contributed by atoms with E-state index >= 15 is 0 Å². The normalized spacial score (nSPS) is 15.3. The van der Waals surface area contributed by atoms with Crippen LogP contribution in [-0.2, 0) is 11.3 Å². The van der Waals surface area contributed by atoms with E-state index in [-0.39, 0.29) is 5.97 Å². The van der Waals surface area contributed by atoms with E-state index in [9.17, 15) is 4.79 Å². The Labute approximate surface area is 167 Å². The van der Waals surface area contributed by atoms with Crippen molar-refractivity contribution in [1.82, 2.24) is 20.0 Å². The second kappa shape index (κ2) is 7.84. The molecule has 8 nitrogen and oxygen atoms in total. The van der Waals surface area contributed by atoms with Crippen molar-refractivity contribution >= 4 is 33.3 Å². The lowest BCUT2D eigenvalue weighted by Crippen LogP contribution is -2.46. The molecule has 1 aliphatic rings. The minimum atomic E-state index is -0.291. The number of aromatic nitrogens is 3. The van der Waals surface area contributed by atoms with Crippen LogP contribution in [0.4, 0.5) is 5.82 Å². The Morgan fingerprint density at radius 3 is 2.71 bits per heavy atom. The Kier molecular flexibility index (Phi) is 5.27. The largest absolute Gasteiger partial charge is 0.462 e. The molecule has 0 aliphatic carbocycles. The predicted octanol–water partition coefficient (Wildman–Crippen LogP) is 2.80. The SMILES string of the molecule is CCOC(=O)c1sc2ncnc(N3CCN(Cc4cc(C)no4)CC3)c2c1C. The number of hydrogen-bond donors (Lipinski definition) is 0. The fourth-order valence-corrected chi connectivity index (χ4v) is 4.55. The fraction of sp³-hybridized carbons (Fsp3) is 0.474. The molecule has 9 heteroatoms. The zero-order valence-electron chi connectivity index (χ0n) is 16.3. The first-order valence-corrected chi connectivity index (χ1v) is 10.2. The average molecular weight is 401 g/mol. The summed E-state index contributed by atoms with van der Waals surface area (Å²) in [6.45, 7) is 10.3. The smallest absolute Gasteiger partial charge is 0.348 e. The molecule has 4 rings (SSSR count). The second-order valence-electron chi connectivity index (χ2n) is 6.85. The molecule has 0 atom stereocenters. The maximum absolute atomic E-state index is 12.2. The number of rotatable bonds is 5. The summed E-state index contributed by atoms with van der Waals surface area (Å²) in [4.78, 5) is 27.2. The number of esters is 1. The monoisotopic (exact) mass is 401 g/mol. The molecule has 0 bridgehead atoms. The van der Waals surface area contributed by atoms with Crippen LogP contribution < -0.4 is 4.90 Å². The first-order valence-electron chi connectivity index (χ1n) is 9.37. The lowest BCUT2D eigenvalue weighted by molar-refractivity contribution is 0.0531. The van der Waals surface area contributed by atoms with Gasteiger partial charge in [0.25, 0.3) is 0 Å². The van der Waals surface area contributed by atoms with Crippen LogP contribution in [0.3, 0.4) is 0 Å².